The summed E-state index contributed by atoms with van der Waals surface area (Å²) in [6.07, 6.45) is 14.5. The molecule has 1 heterocycles. The van der Waals surface area contributed by atoms with Crippen LogP contribution in [0.2, 0.25) is 0 Å². The summed E-state index contributed by atoms with van der Waals surface area (Å²) in [6.45, 7) is 8.89. The van der Waals surface area contributed by atoms with Crippen molar-refractivity contribution >= 4 is 5.78 Å². The van der Waals surface area contributed by atoms with Crippen molar-refractivity contribution in [3.8, 4) is 11.5 Å². The smallest absolute Gasteiger partial charge is 0.166 e. The van der Waals surface area contributed by atoms with E-state index >= 15 is 0 Å². The van der Waals surface area contributed by atoms with Crippen molar-refractivity contribution in [1.82, 2.24) is 4.90 Å². The standard InChI is InChI=1S/C28H43NO3/c1-3-31-26-18-23-17-24(28(30)25(23)19-27(26)32-4-2)16-21-12-14-29(15-13-21)20-22-10-8-6-5-7-9-11-22/h18-19,21-22,24H,3-17,20H2,1-2H3. The fourth-order valence-corrected chi connectivity index (χ4v) is 6.20. The fourth-order valence-electron chi connectivity index (χ4n) is 6.20. The van der Waals surface area contributed by atoms with Crippen LogP contribution in [0.4, 0.5) is 0 Å². The summed E-state index contributed by atoms with van der Waals surface area (Å²) in [7, 11) is 0. The van der Waals surface area contributed by atoms with E-state index in [0.29, 0.717) is 30.7 Å². The molecule has 4 nitrogen and oxygen atoms in total. The van der Waals surface area contributed by atoms with E-state index < -0.39 is 0 Å². The van der Waals surface area contributed by atoms with Gasteiger partial charge in [-0.05, 0) is 95.0 Å². The number of rotatable bonds is 8. The van der Waals surface area contributed by atoms with Gasteiger partial charge in [-0.15, -0.1) is 0 Å². The van der Waals surface area contributed by atoms with Crippen LogP contribution in [0, 0.1) is 17.8 Å². The minimum Gasteiger partial charge on any atom is -0.490 e. The van der Waals surface area contributed by atoms with E-state index in [1.165, 1.54) is 77.4 Å². The summed E-state index contributed by atoms with van der Waals surface area (Å²) >= 11 is 0. The maximum Gasteiger partial charge on any atom is 0.166 e. The maximum atomic E-state index is 13.2. The molecule has 1 aromatic rings. The predicted octanol–water partition coefficient (Wildman–Crippen LogP) is 6.30. The Bertz CT molecular complexity index is 745. The molecule has 0 spiro atoms. The number of Topliss-reactive ketones (excluding diaryl/α,β-unsaturated/α-hetero) is 1. The lowest BCUT2D eigenvalue weighted by atomic mass is 9.84. The molecule has 178 valence electrons. The normalized spacial score (nSPS) is 23.6. The van der Waals surface area contributed by atoms with E-state index in [1.807, 2.05) is 19.9 Å². The Morgan fingerprint density at radius 3 is 2.12 bits per heavy atom. The molecular weight excluding hydrogens is 398 g/mol. The van der Waals surface area contributed by atoms with Gasteiger partial charge in [0.05, 0.1) is 13.2 Å². The number of fused-ring (bicyclic) bond motifs is 1. The fraction of sp³-hybridized carbons (Fsp3) is 0.750. The van der Waals surface area contributed by atoms with Crippen LogP contribution in [0.1, 0.15) is 94.0 Å². The highest BCUT2D eigenvalue weighted by molar-refractivity contribution is 6.02. The molecule has 32 heavy (non-hydrogen) atoms. The molecule has 2 fully saturated rings. The Hall–Kier alpha value is -1.55. The lowest BCUT2D eigenvalue weighted by Gasteiger charge is -2.35. The quantitative estimate of drug-likeness (QED) is 0.474. The molecule has 3 aliphatic rings. The molecule has 1 aromatic carbocycles. The Kier molecular flexibility index (Phi) is 8.51. The minimum absolute atomic E-state index is 0.138. The monoisotopic (exact) mass is 441 g/mol. The second-order valence-corrected chi connectivity index (χ2v) is 10.3. The van der Waals surface area contributed by atoms with Gasteiger partial charge in [0.1, 0.15) is 0 Å². The van der Waals surface area contributed by atoms with Crippen molar-refractivity contribution in [1.29, 1.82) is 0 Å². The summed E-state index contributed by atoms with van der Waals surface area (Å²) in [5, 5.41) is 0. The van der Waals surface area contributed by atoms with Crippen LogP contribution in [0.3, 0.4) is 0 Å². The van der Waals surface area contributed by atoms with Crippen molar-refractivity contribution in [2.45, 2.75) is 84.5 Å². The Balaban J connectivity index is 1.29. The summed E-state index contributed by atoms with van der Waals surface area (Å²) in [6, 6.07) is 3.99. The molecular formula is C28H43NO3. The van der Waals surface area contributed by atoms with E-state index in [-0.39, 0.29) is 5.92 Å². The first-order valence-corrected chi connectivity index (χ1v) is 13.4. The second-order valence-electron chi connectivity index (χ2n) is 10.3. The van der Waals surface area contributed by atoms with E-state index in [9.17, 15) is 4.79 Å². The zero-order chi connectivity index (χ0) is 22.3. The molecule has 1 atom stereocenters. The van der Waals surface area contributed by atoms with E-state index in [1.54, 1.807) is 0 Å². The van der Waals surface area contributed by atoms with Gasteiger partial charge in [0.25, 0.3) is 0 Å². The highest BCUT2D eigenvalue weighted by atomic mass is 16.5. The molecule has 1 unspecified atom stereocenters. The first-order valence-electron chi connectivity index (χ1n) is 13.4. The summed E-state index contributed by atoms with van der Waals surface area (Å²) in [5.74, 6) is 3.55. The molecule has 4 heteroatoms. The van der Waals surface area contributed by atoms with Gasteiger partial charge < -0.3 is 14.4 Å². The van der Waals surface area contributed by atoms with Crippen LogP contribution in [-0.2, 0) is 6.42 Å². The van der Waals surface area contributed by atoms with Crippen molar-refractivity contribution in [2.24, 2.45) is 17.8 Å². The Labute approximate surface area is 195 Å². The Morgan fingerprint density at radius 1 is 0.844 bits per heavy atom. The number of benzene rings is 1. The van der Waals surface area contributed by atoms with Gasteiger partial charge in [-0.2, -0.15) is 0 Å². The van der Waals surface area contributed by atoms with E-state index in [4.69, 9.17) is 9.47 Å². The third-order valence-electron chi connectivity index (χ3n) is 7.94. The number of ether oxygens (including phenoxy) is 2. The zero-order valence-corrected chi connectivity index (χ0v) is 20.4. The average molecular weight is 442 g/mol. The van der Waals surface area contributed by atoms with Crippen molar-refractivity contribution in [3.05, 3.63) is 23.3 Å². The first-order chi connectivity index (χ1) is 15.7. The predicted molar refractivity (Wildman–Crippen MR) is 130 cm³/mol. The topological polar surface area (TPSA) is 38.8 Å². The largest absolute Gasteiger partial charge is 0.490 e. The summed E-state index contributed by atoms with van der Waals surface area (Å²) in [5.41, 5.74) is 2.01. The molecule has 0 bridgehead atoms. The second kappa shape index (κ2) is 11.5. The number of piperidine rings is 1. The van der Waals surface area contributed by atoms with Crippen LogP contribution in [0.5, 0.6) is 11.5 Å². The molecule has 1 saturated carbocycles. The van der Waals surface area contributed by atoms with Gasteiger partial charge in [0.15, 0.2) is 17.3 Å². The highest BCUT2D eigenvalue weighted by Crippen LogP contribution is 2.40. The van der Waals surface area contributed by atoms with Crippen LogP contribution >= 0.6 is 0 Å². The SMILES string of the molecule is CCOc1cc2c(cc1OCC)C(=O)C(CC1CCN(CC3CCCCCCC3)CC1)C2. The zero-order valence-electron chi connectivity index (χ0n) is 20.4. The molecule has 0 aromatic heterocycles. The van der Waals surface area contributed by atoms with E-state index in [2.05, 4.69) is 11.0 Å². The van der Waals surface area contributed by atoms with Gasteiger partial charge >= 0.3 is 0 Å². The number of carbonyl (C=O) groups excluding carboxylic acids is 1. The lowest BCUT2D eigenvalue weighted by Crippen LogP contribution is -2.38. The van der Waals surface area contributed by atoms with Gasteiger partial charge in [0.2, 0.25) is 0 Å². The summed E-state index contributed by atoms with van der Waals surface area (Å²) < 4.78 is 11.5. The minimum atomic E-state index is 0.138. The number of hydrogen-bond acceptors (Lipinski definition) is 4. The van der Waals surface area contributed by atoms with Crippen LogP contribution in [-0.4, -0.2) is 43.5 Å². The number of carbonyl (C=O) groups is 1. The number of nitrogens with zero attached hydrogens (tertiary/aromatic N) is 1. The van der Waals surface area contributed by atoms with Gasteiger partial charge in [-0.25, -0.2) is 0 Å². The van der Waals surface area contributed by atoms with Gasteiger partial charge in [-0.3, -0.25) is 4.79 Å². The highest BCUT2D eigenvalue weighted by Gasteiger charge is 2.34. The molecule has 1 saturated heterocycles. The summed E-state index contributed by atoms with van der Waals surface area (Å²) in [4.78, 5) is 15.9. The number of likely N-dealkylation sites (tertiary alicyclic amines) is 1. The number of hydrogen-bond donors (Lipinski definition) is 0. The maximum absolute atomic E-state index is 13.2. The average Bonchev–Trinajstić information content (AvgIpc) is 3.06. The molecule has 1 aliphatic heterocycles. The van der Waals surface area contributed by atoms with Crippen molar-refractivity contribution in [2.75, 3.05) is 32.8 Å². The van der Waals surface area contributed by atoms with Crippen LogP contribution in [0.25, 0.3) is 0 Å². The van der Waals surface area contributed by atoms with Crippen molar-refractivity contribution < 1.29 is 14.3 Å². The molecule has 0 N–H and O–H groups in total. The van der Waals surface area contributed by atoms with Gasteiger partial charge in [0, 0.05) is 18.0 Å². The van der Waals surface area contributed by atoms with Crippen molar-refractivity contribution in [3.63, 3.8) is 0 Å². The molecule has 2 aliphatic carbocycles. The lowest BCUT2D eigenvalue weighted by molar-refractivity contribution is 0.0889. The van der Waals surface area contributed by atoms with Crippen LogP contribution in [0.15, 0.2) is 12.1 Å². The molecule has 0 amide bonds. The van der Waals surface area contributed by atoms with Crippen LogP contribution < -0.4 is 9.47 Å². The third-order valence-corrected chi connectivity index (χ3v) is 7.94. The molecule has 0 radical (unpaired) electrons. The third kappa shape index (κ3) is 5.87. The number of ketones is 1. The molecule has 4 rings (SSSR count). The van der Waals surface area contributed by atoms with E-state index in [0.717, 1.165) is 35.6 Å². The van der Waals surface area contributed by atoms with Gasteiger partial charge in [-0.1, -0.05) is 32.1 Å². The first kappa shape index (κ1) is 23.6. The Morgan fingerprint density at radius 2 is 1.47 bits per heavy atom.